The molecule has 0 spiro atoms. The predicted molar refractivity (Wildman–Crippen MR) is 132 cm³/mol. The number of halogens is 1. The molecule has 0 radical (unpaired) electrons. The minimum atomic E-state index is -0.944. The summed E-state index contributed by atoms with van der Waals surface area (Å²) in [6.45, 7) is 10.4. The molecule has 194 valence electrons. The van der Waals surface area contributed by atoms with Gasteiger partial charge in [0.25, 0.3) is 0 Å². The Labute approximate surface area is 212 Å². The molecule has 1 N–H and O–H groups in total. The highest BCUT2D eigenvalue weighted by atomic mass is 19.1. The summed E-state index contributed by atoms with van der Waals surface area (Å²) in [6.07, 6.45) is 1.91. The molecule has 36 heavy (non-hydrogen) atoms. The highest BCUT2D eigenvalue weighted by Crippen LogP contribution is 2.43. The second-order valence-corrected chi connectivity index (χ2v) is 11.9. The number of nitriles is 1. The standard InChI is InChI=1S/C26H35BFN3O5/c1-25(2,3)36-24(33)31-20-9-7-17(11-20)22(31)23(32)30-19(13-29)10-16-6-8-18(12-21(16)28)27-34-14-26(4,5)15-35-27/h6,8,12,17,19-20,22H,7,9-11,14-15H2,1-5H3,(H,30,32)/t17?,19-,20+,22-/m0/s1. The van der Waals surface area contributed by atoms with Crippen LogP contribution in [0.15, 0.2) is 18.2 Å². The lowest BCUT2D eigenvalue weighted by Gasteiger charge is -2.35. The molecule has 1 aliphatic carbocycles. The smallest absolute Gasteiger partial charge is 0.444 e. The number of nitrogens with one attached hydrogen (secondary N) is 1. The summed E-state index contributed by atoms with van der Waals surface area (Å²) in [5.41, 5.74) is 0.103. The summed E-state index contributed by atoms with van der Waals surface area (Å²) in [4.78, 5) is 27.6. The van der Waals surface area contributed by atoms with E-state index in [0.29, 0.717) is 24.2 Å². The molecule has 2 saturated heterocycles. The lowest BCUT2D eigenvalue weighted by atomic mass is 9.75. The second kappa shape index (κ2) is 10.0. The summed E-state index contributed by atoms with van der Waals surface area (Å²) < 4.78 is 31.9. The number of hydrogen-bond acceptors (Lipinski definition) is 6. The Kier molecular flexibility index (Phi) is 7.36. The number of rotatable bonds is 5. The van der Waals surface area contributed by atoms with Crippen LogP contribution in [0.4, 0.5) is 9.18 Å². The van der Waals surface area contributed by atoms with Crippen molar-refractivity contribution in [1.82, 2.24) is 10.2 Å². The third-order valence-electron chi connectivity index (χ3n) is 6.95. The van der Waals surface area contributed by atoms with E-state index < -0.39 is 42.6 Å². The average Bonchev–Trinajstić information content (AvgIpc) is 3.40. The van der Waals surface area contributed by atoms with Gasteiger partial charge in [-0.25, -0.2) is 9.18 Å². The van der Waals surface area contributed by atoms with Crippen molar-refractivity contribution < 1.29 is 28.0 Å². The number of piperidine rings is 1. The molecule has 8 nitrogen and oxygen atoms in total. The summed E-state index contributed by atoms with van der Waals surface area (Å²) in [5.74, 6) is -0.865. The highest BCUT2D eigenvalue weighted by molar-refractivity contribution is 6.61. The van der Waals surface area contributed by atoms with E-state index in [9.17, 15) is 19.2 Å². The van der Waals surface area contributed by atoms with Crippen LogP contribution in [0.5, 0.6) is 0 Å². The zero-order valence-electron chi connectivity index (χ0n) is 21.7. The molecule has 1 aromatic carbocycles. The van der Waals surface area contributed by atoms with Gasteiger partial charge in [-0.15, -0.1) is 0 Å². The van der Waals surface area contributed by atoms with Gasteiger partial charge < -0.3 is 19.4 Å². The topological polar surface area (TPSA) is 101 Å². The molecule has 4 atom stereocenters. The van der Waals surface area contributed by atoms with E-state index >= 15 is 0 Å². The molecule has 10 heteroatoms. The summed E-state index contributed by atoms with van der Waals surface area (Å²) in [5, 5.41) is 12.4. The van der Waals surface area contributed by atoms with Crippen molar-refractivity contribution in [2.24, 2.45) is 11.3 Å². The number of benzene rings is 1. The van der Waals surface area contributed by atoms with Crippen molar-refractivity contribution in [2.75, 3.05) is 13.2 Å². The van der Waals surface area contributed by atoms with Gasteiger partial charge >= 0.3 is 13.2 Å². The van der Waals surface area contributed by atoms with Crippen LogP contribution in [0.2, 0.25) is 0 Å². The third-order valence-corrected chi connectivity index (χ3v) is 6.95. The molecule has 2 heterocycles. The van der Waals surface area contributed by atoms with Gasteiger partial charge in [0, 0.05) is 31.1 Å². The van der Waals surface area contributed by atoms with Gasteiger partial charge in [-0.2, -0.15) is 5.26 Å². The number of carbonyl (C=O) groups is 2. The number of nitrogens with zero attached hydrogens (tertiary/aromatic N) is 2. The molecule has 1 unspecified atom stereocenters. The van der Waals surface area contributed by atoms with Crippen LogP contribution in [-0.4, -0.2) is 61.0 Å². The van der Waals surface area contributed by atoms with E-state index in [1.807, 2.05) is 13.8 Å². The lowest BCUT2D eigenvalue weighted by molar-refractivity contribution is -0.128. The largest absolute Gasteiger partial charge is 0.494 e. The monoisotopic (exact) mass is 499 g/mol. The predicted octanol–water partition coefficient (Wildman–Crippen LogP) is 2.93. The molecule has 0 aromatic heterocycles. The van der Waals surface area contributed by atoms with Crippen LogP contribution in [0.1, 0.15) is 59.4 Å². The Bertz CT molecular complexity index is 1040. The third kappa shape index (κ3) is 5.84. The van der Waals surface area contributed by atoms with E-state index in [1.165, 1.54) is 11.0 Å². The summed E-state index contributed by atoms with van der Waals surface area (Å²) in [6, 6.07) is 5.06. The minimum absolute atomic E-state index is 0.00101. The zero-order valence-corrected chi connectivity index (χ0v) is 21.7. The molecule has 2 amide bonds. The molecule has 4 rings (SSSR count). The zero-order chi connectivity index (χ0) is 26.3. The van der Waals surface area contributed by atoms with Gasteiger partial charge in [-0.1, -0.05) is 26.0 Å². The Morgan fingerprint density at radius 3 is 2.61 bits per heavy atom. The van der Waals surface area contributed by atoms with Gasteiger partial charge in [0.2, 0.25) is 5.91 Å². The fourth-order valence-electron chi connectivity index (χ4n) is 5.27. The van der Waals surface area contributed by atoms with Crippen LogP contribution in [0, 0.1) is 28.5 Å². The van der Waals surface area contributed by atoms with E-state index in [4.69, 9.17) is 14.0 Å². The van der Waals surface area contributed by atoms with Gasteiger partial charge in [0.15, 0.2) is 0 Å². The molecule has 2 bridgehead atoms. The number of fused-ring (bicyclic) bond motifs is 2. The van der Waals surface area contributed by atoms with Crippen molar-refractivity contribution in [2.45, 2.75) is 84.0 Å². The Balaban J connectivity index is 1.41. The molecule has 3 aliphatic rings. The number of carbonyl (C=O) groups excluding carboxylic acids is 2. The Morgan fingerprint density at radius 1 is 1.31 bits per heavy atom. The first kappa shape index (κ1) is 26.4. The lowest BCUT2D eigenvalue weighted by Crippen LogP contribution is -2.55. The van der Waals surface area contributed by atoms with E-state index in [0.717, 1.165) is 19.3 Å². The first-order chi connectivity index (χ1) is 16.9. The second-order valence-electron chi connectivity index (χ2n) is 11.9. The first-order valence-corrected chi connectivity index (χ1v) is 12.6. The number of ether oxygens (including phenoxy) is 1. The molecule has 1 saturated carbocycles. The SMILES string of the molecule is CC1(C)COB(c2ccc(C[C@@H](C#N)NC(=O)[C@@H]3C4CC[C@H](C4)N3C(=O)OC(C)(C)C)c(F)c2)OC1. The maximum Gasteiger partial charge on any atom is 0.494 e. The number of likely N-dealkylation sites (tertiary alicyclic amines) is 1. The van der Waals surface area contributed by atoms with E-state index in [1.54, 1.807) is 32.9 Å². The maximum atomic E-state index is 14.9. The van der Waals surface area contributed by atoms with Crippen LogP contribution in [-0.2, 0) is 25.3 Å². The van der Waals surface area contributed by atoms with Crippen LogP contribution >= 0.6 is 0 Å². The maximum absolute atomic E-state index is 14.9. The van der Waals surface area contributed by atoms with Gasteiger partial charge in [-0.05, 0) is 63.0 Å². The summed E-state index contributed by atoms with van der Waals surface area (Å²) in [7, 11) is -0.635. The number of amides is 2. The van der Waals surface area contributed by atoms with Crippen LogP contribution < -0.4 is 10.8 Å². The fourth-order valence-corrected chi connectivity index (χ4v) is 5.27. The minimum Gasteiger partial charge on any atom is -0.444 e. The quantitative estimate of drug-likeness (QED) is 0.626. The van der Waals surface area contributed by atoms with Crippen molar-refractivity contribution >= 4 is 24.6 Å². The Hall–Kier alpha value is -2.64. The molecule has 1 aromatic rings. The van der Waals surface area contributed by atoms with Crippen molar-refractivity contribution in [3.8, 4) is 6.07 Å². The van der Waals surface area contributed by atoms with E-state index in [2.05, 4.69) is 11.4 Å². The van der Waals surface area contributed by atoms with Crippen LogP contribution in [0.25, 0.3) is 0 Å². The first-order valence-electron chi connectivity index (χ1n) is 12.6. The van der Waals surface area contributed by atoms with Crippen molar-refractivity contribution in [1.29, 1.82) is 5.26 Å². The van der Waals surface area contributed by atoms with Gasteiger partial charge in [-0.3, -0.25) is 9.69 Å². The Morgan fingerprint density at radius 2 is 2.00 bits per heavy atom. The van der Waals surface area contributed by atoms with Crippen LogP contribution in [0.3, 0.4) is 0 Å². The molecule has 3 fully saturated rings. The normalized spacial score (nSPS) is 25.9. The van der Waals surface area contributed by atoms with Crippen molar-refractivity contribution in [3.63, 3.8) is 0 Å². The molecule has 2 aliphatic heterocycles. The summed E-state index contributed by atoms with van der Waals surface area (Å²) >= 11 is 0. The average molecular weight is 499 g/mol. The molecular formula is C26H35BFN3O5. The number of hydrogen-bond donors (Lipinski definition) is 1. The molecular weight excluding hydrogens is 464 g/mol. The fraction of sp³-hybridized carbons (Fsp3) is 0.654. The van der Waals surface area contributed by atoms with E-state index in [-0.39, 0.29) is 23.8 Å². The van der Waals surface area contributed by atoms with Gasteiger partial charge in [0.1, 0.15) is 23.5 Å². The van der Waals surface area contributed by atoms with Crippen molar-refractivity contribution in [3.05, 3.63) is 29.6 Å². The highest BCUT2D eigenvalue weighted by Gasteiger charge is 2.52. The van der Waals surface area contributed by atoms with Gasteiger partial charge in [0.05, 0.1) is 6.07 Å².